The van der Waals surface area contributed by atoms with Gasteiger partial charge in [-0.1, -0.05) is 32.9 Å². The van der Waals surface area contributed by atoms with Crippen LogP contribution in [0.2, 0.25) is 0 Å². The highest BCUT2D eigenvalue weighted by molar-refractivity contribution is 5.78. The number of rotatable bonds is 11. The zero-order valence-electron chi connectivity index (χ0n) is 18.1. The molecule has 0 spiro atoms. The second-order valence-electron chi connectivity index (χ2n) is 7.00. The smallest absolute Gasteiger partial charge is 0.188 e. The van der Waals surface area contributed by atoms with E-state index in [0.29, 0.717) is 18.6 Å². The van der Waals surface area contributed by atoms with E-state index in [1.54, 1.807) is 0 Å². The van der Waals surface area contributed by atoms with Gasteiger partial charge in [0.1, 0.15) is 0 Å². The molecule has 0 amide bonds. The zero-order chi connectivity index (χ0) is 20.9. The molecule has 0 aliphatic carbocycles. The molecule has 152 valence electrons. The first-order chi connectivity index (χ1) is 13.5. The van der Waals surface area contributed by atoms with E-state index >= 15 is 0 Å². The fourth-order valence-electron chi connectivity index (χ4n) is 3.14. The van der Waals surface area contributed by atoms with Crippen LogP contribution in [0.3, 0.4) is 0 Å². The Labute approximate surface area is 171 Å². The van der Waals surface area contributed by atoms with Gasteiger partial charge in [-0.05, 0) is 67.5 Å². The predicted molar refractivity (Wildman–Crippen MR) is 119 cm³/mol. The largest absolute Gasteiger partial charge is 0.481 e. The first-order valence-corrected chi connectivity index (χ1v) is 10.2. The van der Waals surface area contributed by atoms with Gasteiger partial charge in [0.15, 0.2) is 5.90 Å². The van der Waals surface area contributed by atoms with Crippen LogP contribution in [0.25, 0.3) is 0 Å². The topological polar surface area (TPSA) is 57.4 Å². The van der Waals surface area contributed by atoms with Crippen molar-refractivity contribution in [2.75, 3.05) is 19.7 Å². The maximum absolute atomic E-state index is 9.22. The number of likely N-dealkylation sites (N-methyl/N-ethyl adjacent to an activating group) is 1. The Balaban J connectivity index is 3.22. The highest BCUT2D eigenvalue weighted by Crippen LogP contribution is 2.33. The van der Waals surface area contributed by atoms with Crippen molar-refractivity contribution in [2.24, 2.45) is 10.9 Å². The van der Waals surface area contributed by atoms with Crippen LogP contribution in [0.1, 0.15) is 63.6 Å². The molecule has 0 aliphatic rings. The molecule has 2 atom stereocenters. The number of benzene rings is 1. The predicted octanol–water partition coefficient (Wildman–Crippen LogP) is 5.36. The minimum Gasteiger partial charge on any atom is -0.481 e. The summed E-state index contributed by atoms with van der Waals surface area (Å²) in [6.45, 7) is 16.8. The lowest BCUT2D eigenvalue weighted by Gasteiger charge is -2.25. The molecule has 28 heavy (non-hydrogen) atoms. The lowest BCUT2D eigenvalue weighted by molar-refractivity contribution is 0.310. The minimum absolute atomic E-state index is 0.202. The molecular weight excluding hydrogens is 346 g/mol. The summed E-state index contributed by atoms with van der Waals surface area (Å²) in [4.78, 5) is 4.64. The number of ether oxygens (including phenoxy) is 1. The van der Waals surface area contributed by atoms with Gasteiger partial charge in [0.2, 0.25) is 0 Å². The molecule has 4 heteroatoms. The molecule has 0 saturated carbocycles. The van der Waals surface area contributed by atoms with Gasteiger partial charge >= 0.3 is 0 Å². The molecular formula is C24H35N3O. The first kappa shape index (κ1) is 23.7. The van der Waals surface area contributed by atoms with Crippen LogP contribution in [0.5, 0.6) is 0 Å². The van der Waals surface area contributed by atoms with Crippen LogP contribution in [0, 0.1) is 17.2 Å². The SMILES string of the molecule is C=CC(C)C(C/C(=N\C=C(\C)CNCC)OCC)c1ccc(C#N)cc1CC. The molecule has 2 unspecified atom stereocenters. The average Bonchev–Trinajstić information content (AvgIpc) is 2.73. The van der Waals surface area contributed by atoms with Crippen LogP contribution in [-0.4, -0.2) is 25.6 Å². The maximum Gasteiger partial charge on any atom is 0.188 e. The van der Waals surface area contributed by atoms with Gasteiger partial charge in [-0.3, -0.25) is 0 Å². The van der Waals surface area contributed by atoms with Crippen LogP contribution in [0.4, 0.5) is 0 Å². The summed E-state index contributed by atoms with van der Waals surface area (Å²) < 4.78 is 5.86. The van der Waals surface area contributed by atoms with Gasteiger partial charge in [0.05, 0.1) is 18.2 Å². The molecule has 0 fully saturated rings. The van der Waals surface area contributed by atoms with Crippen molar-refractivity contribution in [3.63, 3.8) is 0 Å². The molecule has 0 saturated heterocycles. The molecule has 0 radical (unpaired) electrons. The summed E-state index contributed by atoms with van der Waals surface area (Å²) in [5.74, 6) is 1.20. The van der Waals surface area contributed by atoms with Gasteiger partial charge in [0, 0.05) is 19.2 Å². The van der Waals surface area contributed by atoms with Crippen molar-refractivity contribution in [1.82, 2.24) is 5.32 Å². The standard InChI is InChI=1S/C24H35N3O/c1-7-19(6)23(22-12-11-20(15-25)13-21(22)8-2)14-24(28-10-4)27-17-18(5)16-26-9-3/h7,11-13,17,19,23,26H,1,8-10,14,16H2,2-6H3/b18-17-,27-24+. The van der Waals surface area contributed by atoms with E-state index in [9.17, 15) is 5.26 Å². The molecule has 1 aromatic rings. The number of allylic oxidation sites excluding steroid dienone is 1. The first-order valence-electron chi connectivity index (χ1n) is 10.2. The van der Waals surface area contributed by atoms with Crippen molar-refractivity contribution in [2.45, 2.75) is 53.4 Å². The fourth-order valence-corrected chi connectivity index (χ4v) is 3.14. The summed E-state index contributed by atoms with van der Waals surface area (Å²) in [7, 11) is 0. The highest BCUT2D eigenvalue weighted by atomic mass is 16.5. The molecule has 0 heterocycles. The third-order valence-electron chi connectivity index (χ3n) is 4.85. The van der Waals surface area contributed by atoms with Crippen molar-refractivity contribution >= 4 is 5.90 Å². The van der Waals surface area contributed by atoms with E-state index in [-0.39, 0.29) is 11.8 Å². The third-order valence-corrected chi connectivity index (χ3v) is 4.85. The van der Waals surface area contributed by atoms with Crippen LogP contribution in [-0.2, 0) is 11.2 Å². The highest BCUT2D eigenvalue weighted by Gasteiger charge is 2.22. The number of aryl methyl sites for hydroxylation is 1. The quantitative estimate of drug-likeness (QED) is 0.319. The number of nitriles is 1. The number of hydrogen-bond donors (Lipinski definition) is 1. The van der Waals surface area contributed by atoms with Crippen molar-refractivity contribution in [3.8, 4) is 6.07 Å². The summed E-state index contributed by atoms with van der Waals surface area (Å²) in [6.07, 6.45) is 5.46. The summed E-state index contributed by atoms with van der Waals surface area (Å²) in [5.41, 5.74) is 4.31. The van der Waals surface area contributed by atoms with E-state index < -0.39 is 0 Å². The Morgan fingerprint density at radius 1 is 1.36 bits per heavy atom. The summed E-state index contributed by atoms with van der Waals surface area (Å²) >= 11 is 0. The van der Waals surface area contributed by atoms with E-state index in [2.05, 4.69) is 56.7 Å². The number of nitrogens with one attached hydrogen (secondary N) is 1. The maximum atomic E-state index is 9.22. The Morgan fingerprint density at radius 2 is 2.11 bits per heavy atom. The van der Waals surface area contributed by atoms with E-state index in [1.807, 2.05) is 31.3 Å². The zero-order valence-corrected chi connectivity index (χ0v) is 18.1. The molecule has 0 aliphatic heterocycles. The number of aliphatic imine (C=N–C) groups is 1. The van der Waals surface area contributed by atoms with Gasteiger partial charge < -0.3 is 10.1 Å². The van der Waals surface area contributed by atoms with Gasteiger partial charge in [0.25, 0.3) is 0 Å². The van der Waals surface area contributed by atoms with E-state index in [1.165, 1.54) is 16.7 Å². The van der Waals surface area contributed by atoms with Crippen LogP contribution >= 0.6 is 0 Å². The monoisotopic (exact) mass is 381 g/mol. The van der Waals surface area contributed by atoms with Gasteiger partial charge in [-0.25, -0.2) is 4.99 Å². The van der Waals surface area contributed by atoms with E-state index in [0.717, 1.165) is 25.4 Å². The van der Waals surface area contributed by atoms with Crippen LogP contribution < -0.4 is 5.32 Å². The van der Waals surface area contributed by atoms with Crippen LogP contribution in [0.15, 0.2) is 47.6 Å². The lowest BCUT2D eigenvalue weighted by atomic mass is 9.81. The summed E-state index contributed by atoms with van der Waals surface area (Å²) in [6, 6.07) is 8.21. The normalized spacial score (nSPS) is 14.3. The molecule has 4 nitrogen and oxygen atoms in total. The fraction of sp³-hybridized carbons (Fsp3) is 0.500. The Kier molecular flexibility index (Phi) is 10.9. The molecule has 1 aromatic carbocycles. The second-order valence-corrected chi connectivity index (χ2v) is 7.00. The van der Waals surface area contributed by atoms with E-state index in [4.69, 9.17) is 4.74 Å². The summed E-state index contributed by atoms with van der Waals surface area (Å²) in [5, 5.41) is 12.5. The molecule has 1 N–H and O–H groups in total. The number of hydrogen-bond acceptors (Lipinski definition) is 4. The van der Waals surface area contributed by atoms with Crippen molar-refractivity contribution in [3.05, 3.63) is 59.3 Å². The van der Waals surface area contributed by atoms with Crippen molar-refractivity contribution < 1.29 is 4.74 Å². The second kappa shape index (κ2) is 12.9. The minimum atomic E-state index is 0.202. The van der Waals surface area contributed by atoms with Crippen molar-refractivity contribution in [1.29, 1.82) is 5.26 Å². The molecule has 0 aromatic heterocycles. The molecule has 0 bridgehead atoms. The van der Waals surface area contributed by atoms with Gasteiger partial charge in [-0.15, -0.1) is 6.58 Å². The Bertz CT molecular complexity index is 728. The third kappa shape index (κ3) is 7.32. The average molecular weight is 382 g/mol. The lowest BCUT2D eigenvalue weighted by Crippen LogP contribution is -2.17. The number of nitrogens with zero attached hydrogens (tertiary/aromatic N) is 2. The van der Waals surface area contributed by atoms with Gasteiger partial charge in [-0.2, -0.15) is 5.26 Å². The Morgan fingerprint density at radius 3 is 2.68 bits per heavy atom. The Hall–Kier alpha value is -2.38. The molecule has 1 rings (SSSR count).